The third-order valence-corrected chi connectivity index (χ3v) is 5.83. The van der Waals surface area contributed by atoms with Crippen LogP contribution in [0.2, 0.25) is 0 Å². The van der Waals surface area contributed by atoms with Crippen molar-refractivity contribution in [3.05, 3.63) is 65.4 Å². The lowest BCUT2D eigenvalue weighted by atomic mass is 10.1. The van der Waals surface area contributed by atoms with Crippen LogP contribution in [0.4, 0.5) is 11.5 Å². The molecule has 1 aromatic heterocycles. The average molecular weight is 450 g/mol. The highest BCUT2D eigenvalue weighted by Gasteiger charge is 2.16. The number of hydrogen-bond donors (Lipinski definition) is 3. The molecule has 1 aliphatic rings. The molecule has 0 spiro atoms. The van der Waals surface area contributed by atoms with E-state index in [1.807, 2.05) is 48.5 Å². The summed E-state index contributed by atoms with van der Waals surface area (Å²) < 4.78 is 10.7. The summed E-state index contributed by atoms with van der Waals surface area (Å²) in [6.45, 7) is 5.08. The number of rotatable bonds is 8. The number of aromatic nitrogens is 2. The second kappa shape index (κ2) is 10.4. The molecule has 2 aromatic carbocycles. The minimum absolute atomic E-state index is 0.175. The molecule has 174 valence electrons. The summed E-state index contributed by atoms with van der Waals surface area (Å²) in [5, 5.41) is 13.6. The lowest BCUT2D eigenvalue weighted by molar-refractivity contribution is 0.102. The number of nitrogens with zero attached hydrogens (tertiary/aromatic N) is 2. The lowest BCUT2D eigenvalue weighted by Gasteiger charge is -2.33. The van der Waals surface area contributed by atoms with E-state index in [0.29, 0.717) is 17.4 Å². The van der Waals surface area contributed by atoms with Crippen molar-refractivity contribution in [3.8, 4) is 11.5 Å². The first-order valence-corrected chi connectivity index (χ1v) is 11.2. The molecule has 1 saturated heterocycles. The van der Waals surface area contributed by atoms with Crippen LogP contribution in [0.25, 0.3) is 0 Å². The van der Waals surface area contributed by atoms with Gasteiger partial charge in [0, 0.05) is 54.8 Å². The SMILES string of the molecule is COc1cc(CCc2cc(NC(=O)c3ccc(N4CCNC(C)C4)cc3)n[nH]2)cc(OC)c1. The van der Waals surface area contributed by atoms with Crippen molar-refractivity contribution in [2.75, 3.05) is 44.1 Å². The Hall–Kier alpha value is -3.52. The van der Waals surface area contributed by atoms with Crippen LogP contribution in [0.5, 0.6) is 11.5 Å². The second-order valence-electron chi connectivity index (χ2n) is 8.30. The zero-order valence-electron chi connectivity index (χ0n) is 19.4. The van der Waals surface area contributed by atoms with Crippen molar-refractivity contribution in [2.45, 2.75) is 25.8 Å². The molecule has 8 heteroatoms. The Kier molecular flexibility index (Phi) is 7.14. The number of aryl methyl sites for hydroxylation is 2. The van der Waals surface area contributed by atoms with Gasteiger partial charge in [-0.2, -0.15) is 5.10 Å². The third-order valence-electron chi connectivity index (χ3n) is 5.83. The molecule has 4 rings (SSSR count). The highest BCUT2D eigenvalue weighted by atomic mass is 16.5. The van der Waals surface area contributed by atoms with Crippen molar-refractivity contribution >= 4 is 17.4 Å². The first kappa shape index (κ1) is 22.7. The van der Waals surface area contributed by atoms with E-state index in [-0.39, 0.29) is 5.91 Å². The van der Waals surface area contributed by atoms with Gasteiger partial charge in [0.05, 0.1) is 14.2 Å². The van der Waals surface area contributed by atoms with Crippen molar-refractivity contribution < 1.29 is 14.3 Å². The molecule has 1 amide bonds. The third kappa shape index (κ3) is 5.84. The van der Waals surface area contributed by atoms with Crippen LogP contribution in [-0.4, -0.2) is 56.0 Å². The number of anilines is 2. The van der Waals surface area contributed by atoms with Gasteiger partial charge in [-0.1, -0.05) is 0 Å². The monoisotopic (exact) mass is 449 g/mol. The van der Waals surface area contributed by atoms with E-state index in [2.05, 4.69) is 32.7 Å². The highest BCUT2D eigenvalue weighted by Crippen LogP contribution is 2.24. The molecular weight excluding hydrogens is 418 g/mol. The molecule has 1 unspecified atom stereocenters. The van der Waals surface area contributed by atoms with E-state index in [1.165, 1.54) is 0 Å². The second-order valence-corrected chi connectivity index (χ2v) is 8.30. The molecule has 0 bridgehead atoms. The predicted molar refractivity (Wildman–Crippen MR) is 130 cm³/mol. The van der Waals surface area contributed by atoms with Gasteiger partial charge in [-0.3, -0.25) is 9.89 Å². The van der Waals surface area contributed by atoms with Crippen molar-refractivity contribution in [1.82, 2.24) is 15.5 Å². The summed E-state index contributed by atoms with van der Waals surface area (Å²) in [4.78, 5) is 15.0. The molecule has 3 N–H and O–H groups in total. The van der Waals surface area contributed by atoms with Crippen molar-refractivity contribution in [2.24, 2.45) is 0 Å². The van der Waals surface area contributed by atoms with Gasteiger partial charge in [-0.25, -0.2) is 0 Å². The number of amides is 1. The minimum Gasteiger partial charge on any atom is -0.497 e. The Labute approximate surface area is 194 Å². The van der Waals surface area contributed by atoms with Crippen molar-refractivity contribution in [1.29, 1.82) is 0 Å². The van der Waals surface area contributed by atoms with Gasteiger partial charge in [0.2, 0.25) is 0 Å². The van der Waals surface area contributed by atoms with Crippen LogP contribution in [0.1, 0.15) is 28.5 Å². The predicted octanol–water partition coefficient (Wildman–Crippen LogP) is 3.26. The van der Waals surface area contributed by atoms with E-state index in [1.54, 1.807) is 14.2 Å². The van der Waals surface area contributed by atoms with Crippen LogP contribution in [0.3, 0.4) is 0 Å². The van der Waals surface area contributed by atoms with Crippen LogP contribution >= 0.6 is 0 Å². The Balaban J connectivity index is 1.33. The molecule has 3 aromatic rings. The topological polar surface area (TPSA) is 91.5 Å². The van der Waals surface area contributed by atoms with E-state index in [9.17, 15) is 4.79 Å². The molecule has 8 nitrogen and oxygen atoms in total. The molecule has 1 aliphatic heterocycles. The fourth-order valence-electron chi connectivity index (χ4n) is 4.02. The molecule has 0 radical (unpaired) electrons. The summed E-state index contributed by atoms with van der Waals surface area (Å²) in [5.74, 6) is 1.86. The maximum atomic E-state index is 12.7. The summed E-state index contributed by atoms with van der Waals surface area (Å²) >= 11 is 0. The first-order chi connectivity index (χ1) is 16.0. The number of methoxy groups -OCH3 is 2. The normalized spacial score (nSPS) is 15.8. The number of hydrogen-bond acceptors (Lipinski definition) is 6. The molecule has 1 fully saturated rings. The minimum atomic E-state index is -0.175. The Morgan fingerprint density at radius 1 is 1.09 bits per heavy atom. The molecule has 1 atom stereocenters. The lowest BCUT2D eigenvalue weighted by Crippen LogP contribution is -2.49. The van der Waals surface area contributed by atoms with E-state index in [0.717, 1.165) is 60.9 Å². The quantitative estimate of drug-likeness (QED) is 0.489. The fourth-order valence-corrected chi connectivity index (χ4v) is 4.02. The zero-order valence-corrected chi connectivity index (χ0v) is 19.4. The Morgan fingerprint density at radius 3 is 2.48 bits per heavy atom. The standard InChI is InChI=1S/C25H31N5O3/c1-17-16-30(11-10-26-17)21-8-5-19(6-9-21)25(31)27-24-14-20(28-29-24)7-4-18-12-22(32-2)15-23(13-18)33-3/h5-6,8-9,12-15,17,26H,4,7,10-11,16H2,1-3H3,(H2,27,28,29,31). The maximum Gasteiger partial charge on any atom is 0.256 e. The zero-order chi connectivity index (χ0) is 23.2. The van der Waals surface area contributed by atoms with Gasteiger partial charge in [-0.15, -0.1) is 0 Å². The molecule has 0 saturated carbocycles. The molecule has 2 heterocycles. The highest BCUT2D eigenvalue weighted by molar-refractivity contribution is 6.03. The first-order valence-electron chi connectivity index (χ1n) is 11.2. The molecule has 0 aliphatic carbocycles. The smallest absolute Gasteiger partial charge is 0.256 e. The summed E-state index contributed by atoms with van der Waals surface area (Å²) in [7, 11) is 3.28. The van der Waals surface area contributed by atoms with Crippen LogP contribution in [0.15, 0.2) is 48.5 Å². The van der Waals surface area contributed by atoms with Gasteiger partial charge in [0.15, 0.2) is 5.82 Å². The number of piperazine rings is 1. The van der Waals surface area contributed by atoms with E-state index >= 15 is 0 Å². The number of aromatic amines is 1. The van der Waals surface area contributed by atoms with E-state index in [4.69, 9.17) is 9.47 Å². The molecular formula is C25H31N5O3. The fraction of sp³-hybridized carbons (Fsp3) is 0.360. The van der Waals surface area contributed by atoms with E-state index < -0.39 is 0 Å². The van der Waals surface area contributed by atoms with Crippen LogP contribution < -0.4 is 25.0 Å². The average Bonchev–Trinajstić information content (AvgIpc) is 3.29. The summed E-state index contributed by atoms with van der Waals surface area (Å²) in [5.41, 5.74) is 3.78. The number of H-pyrrole nitrogens is 1. The number of carbonyl (C=O) groups excluding carboxylic acids is 1. The number of ether oxygens (including phenoxy) is 2. The van der Waals surface area contributed by atoms with Gasteiger partial charge in [0.25, 0.3) is 5.91 Å². The van der Waals surface area contributed by atoms with Gasteiger partial charge < -0.3 is 25.0 Å². The van der Waals surface area contributed by atoms with Crippen LogP contribution in [0, 0.1) is 0 Å². The van der Waals surface area contributed by atoms with Crippen LogP contribution in [-0.2, 0) is 12.8 Å². The number of benzene rings is 2. The van der Waals surface area contributed by atoms with Gasteiger partial charge in [-0.05, 0) is 61.7 Å². The Bertz CT molecular complexity index is 1060. The van der Waals surface area contributed by atoms with Gasteiger partial charge in [0.1, 0.15) is 11.5 Å². The summed E-state index contributed by atoms with van der Waals surface area (Å²) in [6.07, 6.45) is 1.53. The molecule has 33 heavy (non-hydrogen) atoms. The Morgan fingerprint density at radius 2 is 1.82 bits per heavy atom. The maximum absolute atomic E-state index is 12.7. The van der Waals surface area contributed by atoms with Gasteiger partial charge >= 0.3 is 0 Å². The van der Waals surface area contributed by atoms with Crippen molar-refractivity contribution in [3.63, 3.8) is 0 Å². The number of carbonyl (C=O) groups is 1. The summed E-state index contributed by atoms with van der Waals surface area (Å²) in [6, 6.07) is 15.9. The largest absolute Gasteiger partial charge is 0.497 e. The number of nitrogens with one attached hydrogen (secondary N) is 3.